The molecule has 0 aromatic heterocycles. The van der Waals surface area contributed by atoms with Crippen LogP contribution in [0, 0.1) is 45.8 Å². The predicted octanol–water partition coefficient (Wildman–Crippen LogP) is 6.71. The highest BCUT2D eigenvalue weighted by atomic mass is 16.7. The van der Waals surface area contributed by atoms with E-state index in [2.05, 4.69) is 12.2 Å². The zero-order chi connectivity index (χ0) is 63.8. The van der Waals surface area contributed by atoms with E-state index in [4.69, 9.17) is 42.6 Å². The normalized spacial score (nSPS) is 40.6. The minimum atomic E-state index is -2.34. The Morgan fingerprint density at radius 3 is 2.13 bits per heavy atom. The molecule has 4 saturated carbocycles. The van der Waals surface area contributed by atoms with Crippen LogP contribution in [0.4, 0.5) is 0 Å². The summed E-state index contributed by atoms with van der Waals surface area (Å²) >= 11 is 0. The van der Waals surface area contributed by atoms with E-state index < -0.39 is 153 Å². The van der Waals surface area contributed by atoms with Crippen molar-refractivity contribution in [1.82, 2.24) is 5.32 Å². The zero-order valence-corrected chi connectivity index (χ0v) is 51.9. The van der Waals surface area contributed by atoms with Gasteiger partial charge < -0.3 is 58.2 Å². The second kappa shape index (κ2) is 20.5. The molecule has 20 atom stereocenters. The molecule has 476 valence electrons. The number of rotatable bonds is 15. The number of hydrogen-bond donors (Lipinski definition) is 3. The lowest BCUT2D eigenvalue weighted by molar-refractivity contribution is -0.345. The van der Waals surface area contributed by atoms with Gasteiger partial charge in [-0.3, -0.25) is 24.0 Å². The summed E-state index contributed by atoms with van der Waals surface area (Å²) < 4.78 is 57.9. The highest BCUT2D eigenvalue weighted by molar-refractivity contribution is 5.98. The number of ether oxygens (including phenoxy) is 9. The monoisotopic (exact) mass is 1240 g/mol. The Hall–Kier alpha value is -6.94. The average Bonchev–Trinajstić information content (AvgIpc) is 1.41. The number of aliphatic hydroxyl groups is 2. The fraction of sp³-hybridized carbons (Fsp3) is 0.571. The fourth-order valence-corrected chi connectivity index (χ4v) is 19.5. The van der Waals surface area contributed by atoms with Gasteiger partial charge in [0.1, 0.15) is 83.6 Å². The van der Waals surface area contributed by atoms with E-state index in [9.17, 15) is 34.2 Å². The van der Waals surface area contributed by atoms with Crippen molar-refractivity contribution in [2.45, 2.75) is 190 Å². The maximum atomic E-state index is 15.8. The standard InChI is InChI=1S/C70H77NO19/c1-34(2)68-46(69-49(88-69)29-44-43-32-82-61(79)42(43)25-26-64(44,8)70(69)58(90-70)57(68)89-68)27-41(73)28-50(75)85-53(52(38-19-13-10-14-20-38)71-59(77)39-21-15-11-16-22-39)62(80)84-45-31-67(81)56(86-60(78)40-23-17-12-18-24-40)54-65(9,55(76)36(4)51(35(45)3)63(67,6)7)47(74)30-48-66(54,33-83-48)87-37(5)72/h10-24,34,36,44-49,52-54,56-58,74,81H,25-33H2,1-9H3,(H,71,77). The number of carbonyl (C=O) groups excluding carboxylic acids is 8. The van der Waals surface area contributed by atoms with Gasteiger partial charge in [-0.2, -0.15) is 0 Å². The summed E-state index contributed by atoms with van der Waals surface area (Å²) in [6, 6.07) is 23.0. The molecule has 1 amide bonds. The molecule has 5 heterocycles. The number of aliphatic hydroxyl groups excluding tert-OH is 1. The van der Waals surface area contributed by atoms with Gasteiger partial charge in [-0.1, -0.05) is 108 Å². The van der Waals surface area contributed by atoms with Crippen molar-refractivity contribution in [1.29, 1.82) is 0 Å². The van der Waals surface area contributed by atoms with Gasteiger partial charge in [-0.15, -0.1) is 0 Å². The molecule has 2 spiro atoms. The van der Waals surface area contributed by atoms with E-state index in [0.29, 0.717) is 36.0 Å². The van der Waals surface area contributed by atoms with Gasteiger partial charge >= 0.3 is 29.8 Å². The lowest BCUT2D eigenvalue weighted by Gasteiger charge is -2.67. The minimum Gasteiger partial charge on any atom is -0.458 e. The molecule has 6 aliphatic carbocycles. The summed E-state index contributed by atoms with van der Waals surface area (Å²) in [6.45, 7) is 15.6. The first-order chi connectivity index (χ1) is 42.7. The van der Waals surface area contributed by atoms with Crippen molar-refractivity contribution in [3.8, 4) is 0 Å². The van der Waals surface area contributed by atoms with Crippen LogP contribution in [0.5, 0.6) is 0 Å². The Labute approximate surface area is 521 Å². The van der Waals surface area contributed by atoms with Crippen molar-refractivity contribution in [3.63, 3.8) is 0 Å². The molecule has 20 unspecified atom stereocenters. The highest BCUT2D eigenvalue weighted by Gasteiger charge is 3.00. The van der Waals surface area contributed by atoms with Crippen molar-refractivity contribution in [3.05, 3.63) is 130 Å². The van der Waals surface area contributed by atoms with Gasteiger partial charge in [-0.05, 0) is 91.5 Å². The van der Waals surface area contributed by atoms with Crippen LogP contribution < -0.4 is 5.32 Å². The van der Waals surface area contributed by atoms with Gasteiger partial charge in [0.05, 0.1) is 35.7 Å². The summed E-state index contributed by atoms with van der Waals surface area (Å²) in [7, 11) is 0. The largest absolute Gasteiger partial charge is 0.458 e. The molecular weight excluding hydrogens is 1160 g/mol. The summed E-state index contributed by atoms with van der Waals surface area (Å²) in [5, 5.41) is 29.4. The Morgan fingerprint density at radius 1 is 0.822 bits per heavy atom. The van der Waals surface area contributed by atoms with Crippen LogP contribution in [-0.2, 0) is 71.4 Å². The molecule has 0 radical (unpaired) electrons. The molecule has 20 heteroatoms. The number of esters is 5. The molecule has 3 N–H and O–H groups in total. The van der Waals surface area contributed by atoms with E-state index in [-0.39, 0.29) is 73.3 Å². The maximum Gasteiger partial charge on any atom is 0.350 e. The molecule has 4 saturated heterocycles. The zero-order valence-electron chi connectivity index (χ0n) is 51.9. The number of cyclic esters (lactones) is 1. The highest BCUT2D eigenvalue weighted by Crippen LogP contribution is 2.85. The number of benzene rings is 3. The third kappa shape index (κ3) is 8.18. The molecular formula is C70H77NO19. The lowest BCUT2D eigenvalue weighted by Crippen LogP contribution is -2.81. The molecule has 2 bridgehead atoms. The molecule has 20 nitrogen and oxygen atoms in total. The SMILES string of the molecule is CC(=O)OC12COC1CC(O)C1(C)C(=O)C(C)C3=C(C)C(OC(=O)C(OC(=O)CC(=O)CC4C5(C(C)C)OC5C5OC56C5(C)CCC7=C(COC7=O)C5CC5OC546)C(NC(=O)c4ccccc4)c4ccccc4)CC(O)(C(OC(=O)c4ccccc4)C21)C3(C)C. The molecule has 11 aliphatic rings. The van der Waals surface area contributed by atoms with Crippen LogP contribution in [0.2, 0.25) is 0 Å². The third-order valence-electron chi connectivity index (χ3n) is 23.9. The van der Waals surface area contributed by atoms with Crippen LogP contribution in [0.15, 0.2) is 113 Å². The number of fused-ring (bicyclic) bond motifs is 9. The van der Waals surface area contributed by atoms with Crippen LogP contribution in [0.3, 0.4) is 0 Å². The van der Waals surface area contributed by atoms with Crippen molar-refractivity contribution >= 4 is 47.3 Å². The third-order valence-corrected chi connectivity index (χ3v) is 23.9. The van der Waals surface area contributed by atoms with Crippen molar-refractivity contribution in [2.75, 3.05) is 13.2 Å². The van der Waals surface area contributed by atoms with E-state index in [1.165, 1.54) is 26.0 Å². The Balaban J connectivity index is 0.818. The summed E-state index contributed by atoms with van der Waals surface area (Å²) in [5.41, 5.74) is -7.60. The average molecular weight is 1240 g/mol. The van der Waals surface area contributed by atoms with Gasteiger partial charge in [-0.25, -0.2) is 14.4 Å². The van der Waals surface area contributed by atoms with E-state index in [1.54, 1.807) is 107 Å². The second-order valence-electron chi connectivity index (χ2n) is 28.5. The predicted molar refractivity (Wildman–Crippen MR) is 314 cm³/mol. The summed E-state index contributed by atoms with van der Waals surface area (Å²) in [5.74, 6) is -9.29. The van der Waals surface area contributed by atoms with Crippen LogP contribution >= 0.6 is 0 Å². The molecule has 3 aromatic rings. The number of Topliss-reactive ketones (excluding diaryl/α,β-unsaturated/α-hetero) is 2. The first kappa shape index (κ1) is 60.6. The van der Waals surface area contributed by atoms with Crippen molar-refractivity contribution in [2.24, 2.45) is 45.8 Å². The minimum absolute atomic E-state index is 0.0565. The first-order valence-electron chi connectivity index (χ1n) is 31.7. The van der Waals surface area contributed by atoms with Gasteiger partial charge in [0, 0.05) is 60.0 Å². The van der Waals surface area contributed by atoms with Crippen molar-refractivity contribution < 1.29 is 91.2 Å². The maximum absolute atomic E-state index is 15.8. The summed E-state index contributed by atoms with van der Waals surface area (Å²) in [6.07, 6.45) is -8.69. The topological polar surface area (TPSA) is 282 Å². The second-order valence-corrected chi connectivity index (χ2v) is 28.5. The number of hydrogen-bond acceptors (Lipinski definition) is 19. The van der Waals surface area contributed by atoms with Gasteiger partial charge in [0.25, 0.3) is 5.91 Å². The number of carbonyl (C=O) groups is 8. The van der Waals surface area contributed by atoms with E-state index in [0.717, 1.165) is 11.1 Å². The Morgan fingerprint density at radius 2 is 1.49 bits per heavy atom. The molecule has 14 rings (SSSR count). The number of amides is 1. The Bertz CT molecular complexity index is 3640. The smallest absolute Gasteiger partial charge is 0.350 e. The van der Waals surface area contributed by atoms with Gasteiger partial charge in [0.15, 0.2) is 5.60 Å². The molecule has 90 heavy (non-hydrogen) atoms. The quantitative estimate of drug-likeness (QED) is 0.0468. The fourth-order valence-electron chi connectivity index (χ4n) is 19.5. The molecule has 8 fully saturated rings. The molecule has 5 aliphatic heterocycles. The van der Waals surface area contributed by atoms with Crippen LogP contribution in [-0.4, -0.2) is 148 Å². The number of nitrogens with one attached hydrogen (secondary N) is 1. The molecule has 3 aromatic carbocycles. The first-order valence-corrected chi connectivity index (χ1v) is 31.7. The van der Waals surface area contributed by atoms with Crippen LogP contribution in [0.25, 0.3) is 0 Å². The van der Waals surface area contributed by atoms with Gasteiger partial charge in [0.2, 0.25) is 6.10 Å². The van der Waals surface area contributed by atoms with E-state index in [1.807, 2.05) is 13.8 Å². The lowest BCUT2D eigenvalue weighted by atomic mass is 9.43. The van der Waals surface area contributed by atoms with Crippen LogP contribution in [0.1, 0.15) is 140 Å². The number of ketones is 2. The Kier molecular flexibility index (Phi) is 13.8. The summed E-state index contributed by atoms with van der Waals surface area (Å²) in [4.78, 5) is 117. The number of epoxide rings is 3. The van der Waals surface area contributed by atoms with E-state index >= 15 is 14.4 Å².